The summed E-state index contributed by atoms with van der Waals surface area (Å²) in [6.45, 7) is 0. The van der Waals surface area contributed by atoms with Crippen LogP contribution in [0.15, 0.2) is 33.2 Å². The molecule has 0 fully saturated rings. The van der Waals surface area contributed by atoms with E-state index in [2.05, 4.69) is 31.9 Å². The van der Waals surface area contributed by atoms with E-state index in [1.807, 2.05) is 0 Å². The number of halogens is 5. The van der Waals surface area contributed by atoms with Crippen molar-refractivity contribution in [1.82, 2.24) is 0 Å². The third kappa shape index (κ3) is 3.68. The van der Waals surface area contributed by atoms with Crippen molar-refractivity contribution in [3.63, 3.8) is 0 Å². The Labute approximate surface area is 152 Å². The molecule has 0 unspecified atom stereocenters. The molecule has 0 saturated carbocycles. The summed E-state index contributed by atoms with van der Waals surface area (Å²) in [7, 11) is 0. The molecule has 2 N–H and O–H groups in total. The molecule has 2 aromatic rings. The Bertz CT molecular complexity index is 743. The molecule has 0 amide bonds. The molecule has 0 aliphatic heterocycles. The maximum atomic E-state index is 14.2. The summed E-state index contributed by atoms with van der Waals surface area (Å²) in [5.74, 6) is -0.420. The zero-order valence-electron chi connectivity index (χ0n) is 10.1. The van der Waals surface area contributed by atoms with Crippen molar-refractivity contribution in [3.05, 3.63) is 54.6 Å². The molecule has 2 aromatic carbocycles. The van der Waals surface area contributed by atoms with Gasteiger partial charge in [-0.3, -0.25) is 0 Å². The molecule has 0 aromatic heterocycles. The minimum absolute atomic E-state index is 0.0258. The standard InChI is InChI=1S/C13H6Br2Cl2FNOS/c14-6-3-8(17)10(4-7(6)16)20-9-2-1-5(13(19)21)11(15)12(9)18/h1-4H,(H2,19,21). The molecule has 0 aliphatic rings. The fourth-order valence-electron chi connectivity index (χ4n) is 1.50. The maximum Gasteiger partial charge on any atom is 0.180 e. The van der Waals surface area contributed by atoms with Gasteiger partial charge in [-0.15, -0.1) is 0 Å². The Morgan fingerprint density at radius 3 is 2.43 bits per heavy atom. The first-order valence-corrected chi connectivity index (χ1v) is 8.16. The summed E-state index contributed by atoms with van der Waals surface area (Å²) in [6.07, 6.45) is 0. The molecule has 0 spiro atoms. The molecule has 2 rings (SSSR count). The van der Waals surface area contributed by atoms with Gasteiger partial charge in [-0.25, -0.2) is 4.39 Å². The van der Waals surface area contributed by atoms with Gasteiger partial charge >= 0.3 is 0 Å². The van der Waals surface area contributed by atoms with Crippen LogP contribution in [0.4, 0.5) is 4.39 Å². The summed E-state index contributed by atoms with van der Waals surface area (Å²) in [6, 6.07) is 6.03. The average Bonchev–Trinajstić information content (AvgIpc) is 2.40. The van der Waals surface area contributed by atoms with Crippen molar-refractivity contribution in [1.29, 1.82) is 0 Å². The molecule has 21 heavy (non-hydrogen) atoms. The molecule has 0 bridgehead atoms. The van der Waals surface area contributed by atoms with E-state index in [4.69, 9.17) is 45.9 Å². The minimum Gasteiger partial charge on any atom is -0.453 e. The highest BCUT2D eigenvalue weighted by Gasteiger charge is 2.16. The van der Waals surface area contributed by atoms with Crippen molar-refractivity contribution in [2.24, 2.45) is 5.73 Å². The first-order valence-electron chi connectivity index (χ1n) is 5.41. The zero-order valence-corrected chi connectivity index (χ0v) is 15.6. The smallest absolute Gasteiger partial charge is 0.180 e. The summed E-state index contributed by atoms with van der Waals surface area (Å²) >= 11 is 23.2. The Kier molecular flexibility index (Phi) is 5.48. The highest BCUT2D eigenvalue weighted by atomic mass is 79.9. The molecular formula is C13H6Br2Cl2FNOS. The van der Waals surface area contributed by atoms with Crippen LogP contribution in [0.3, 0.4) is 0 Å². The van der Waals surface area contributed by atoms with Gasteiger partial charge in [0.15, 0.2) is 11.6 Å². The van der Waals surface area contributed by atoms with E-state index in [1.54, 1.807) is 12.1 Å². The van der Waals surface area contributed by atoms with Crippen molar-refractivity contribution < 1.29 is 9.13 Å². The lowest BCUT2D eigenvalue weighted by Gasteiger charge is -2.12. The van der Waals surface area contributed by atoms with Gasteiger partial charge < -0.3 is 10.5 Å². The average molecular weight is 474 g/mol. The molecule has 0 aliphatic carbocycles. The van der Waals surface area contributed by atoms with E-state index in [0.717, 1.165) is 0 Å². The lowest BCUT2D eigenvalue weighted by atomic mass is 10.2. The number of rotatable bonds is 3. The van der Waals surface area contributed by atoms with Gasteiger partial charge in [0, 0.05) is 16.1 Å². The number of ether oxygens (including phenoxy) is 1. The highest BCUT2D eigenvalue weighted by Crippen LogP contribution is 2.38. The summed E-state index contributed by atoms with van der Waals surface area (Å²) < 4.78 is 20.5. The van der Waals surface area contributed by atoms with Gasteiger partial charge in [-0.05, 0) is 50.1 Å². The Balaban J connectivity index is 2.43. The van der Waals surface area contributed by atoms with E-state index >= 15 is 0 Å². The number of nitrogens with two attached hydrogens (primary N) is 1. The topological polar surface area (TPSA) is 35.2 Å². The molecule has 0 heterocycles. The van der Waals surface area contributed by atoms with Crippen molar-refractivity contribution in [2.75, 3.05) is 0 Å². The quantitative estimate of drug-likeness (QED) is 0.433. The van der Waals surface area contributed by atoms with E-state index in [0.29, 0.717) is 20.1 Å². The van der Waals surface area contributed by atoms with Crippen LogP contribution in [0.5, 0.6) is 11.5 Å². The van der Waals surface area contributed by atoms with Gasteiger partial charge in [0.25, 0.3) is 0 Å². The second-order valence-electron chi connectivity index (χ2n) is 3.90. The monoisotopic (exact) mass is 471 g/mol. The van der Waals surface area contributed by atoms with Crippen molar-refractivity contribution >= 4 is 72.3 Å². The van der Waals surface area contributed by atoms with E-state index in [-0.39, 0.29) is 21.0 Å². The predicted molar refractivity (Wildman–Crippen MR) is 94.2 cm³/mol. The maximum absolute atomic E-state index is 14.2. The van der Waals surface area contributed by atoms with Crippen LogP contribution in [0, 0.1) is 5.82 Å². The third-order valence-corrected chi connectivity index (χ3v) is 4.99. The lowest BCUT2D eigenvalue weighted by Crippen LogP contribution is -2.11. The minimum atomic E-state index is -0.629. The van der Waals surface area contributed by atoms with Gasteiger partial charge in [0.2, 0.25) is 0 Å². The summed E-state index contributed by atoms with van der Waals surface area (Å²) in [5.41, 5.74) is 5.88. The molecule has 8 heteroatoms. The normalized spacial score (nSPS) is 10.5. The van der Waals surface area contributed by atoms with E-state index in [1.165, 1.54) is 12.1 Å². The Morgan fingerprint density at radius 2 is 1.81 bits per heavy atom. The first kappa shape index (κ1) is 17.0. The number of thiocarbonyl (C=S) groups is 1. The van der Waals surface area contributed by atoms with Gasteiger partial charge in [-0.1, -0.05) is 35.4 Å². The zero-order chi connectivity index (χ0) is 15.7. The second kappa shape index (κ2) is 6.79. The van der Waals surface area contributed by atoms with Crippen LogP contribution in [0.25, 0.3) is 0 Å². The lowest BCUT2D eigenvalue weighted by molar-refractivity contribution is 0.440. The van der Waals surface area contributed by atoms with Gasteiger partial charge in [-0.2, -0.15) is 0 Å². The first-order chi connectivity index (χ1) is 9.81. The van der Waals surface area contributed by atoms with E-state index in [9.17, 15) is 4.39 Å². The van der Waals surface area contributed by atoms with E-state index < -0.39 is 5.82 Å². The van der Waals surface area contributed by atoms with Crippen LogP contribution in [-0.2, 0) is 0 Å². The largest absolute Gasteiger partial charge is 0.453 e. The Morgan fingerprint density at radius 1 is 1.14 bits per heavy atom. The highest BCUT2D eigenvalue weighted by molar-refractivity contribution is 9.10. The third-order valence-electron chi connectivity index (χ3n) is 2.51. The van der Waals surface area contributed by atoms with Crippen molar-refractivity contribution in [3.8, 4) is 11.5 Å². The molecule has 0 saturated heterocycles. The summed E-state index contributed by atoms with van der Waals surface area (Å²) in [4.78, 5) is 0.0806. The SMILES string of the molecule is NC(=S)c1ccc(Oc2cc(Cl)c(Br)cc2Cl)c(F)c1Br. The van der Waals surface area contributed by atoms with Crippen LogP contribution in [0.2, 0.25) is 10.0 Å². The molecule has 2 nitrogen and oxygen atoms in total. The van der Waals surface area contributed by atoms with Gasteiger partial charge in [0.05, 0.1) is 14.5 Å². The predicted octanol–water partition coefficient (Wildman–Crippen LogP) is 6.08. The molecule has 0 atom stereocenters. The molecule has 0 radical (unpaired) electrons. The van der Waals surface area contributed by atoms with Crippen LogP contribution >= 0.6 is 67.3 Å². The van der Waals surface area contributed by atoms with Crippen LogP contribution in [0.1, 0.15) is 5.56 Å². The number of hydrogen-bond acceptors (Lipinski definition) is 2. The van der Waals surface area contributed by atoms with Crippen LogP contribution in [-0.4, -0.2) is 4.99 Å². The molecular weight excluding hydrogens is 468 g/mol. The summed E-state index contributed by atoms with van der Waals surface area (Å²) in [5, 5.41) is 0.689. The number of benzene rings is 2. The van der Waals surface area contributed by atoms with Gasteiger partial charge in [0.1, 0.15) is 10.7 Å². The van der Waals surface area contributed by atoms with Crippen molar-refractivity contribution in [2.45, 2.75) is 0 Å². The number of hydrogen-bond donors (Lipinski definition) is 1. The fourth-order valence-corrected chi connectivity index (χ4v) is 3.18. The Hall–Kier alpha value is -0.400. The second-order valence-corrected chi connectivity index (χ2v) is 6.80. The van der Waals surface area contributed by atoms with Crippen LogP contribution < -0.4 is 10.5 Å². The fraction of sp³-hybridized carbons (Fsp3) is 0. The molecule has 110 valence electrons.